The van der Waals surface area contributed by atoms with Crippen LogP contribution in [0, 0.1) is 11.6 Å². The number of nitrogens with one attached hydrogen (secondary N) is 2. The number of aromatic nitrogens is 4. The highest BCUT2D eigenvalue weighted by Crippen LogP contribution is 2.23. The molecule has 6 nitrogen and oxygen atoms in total. The van der Waals surface area contributed by atoms with Crippen LogP contribution in [-0.2, 0) is 0 Å². The van der Waals surface area contributed by atoms with Gasteiger partial charge < -0.3 is 5.32 Å². The SMILES string of the molecule is O=c1[nH]nc2cc(-c3ccccc3)nc(Nc3cc(F)ccc3F)n12. The molecular weight excluding hydrogens is 328 g/mol. The van der Waals surface area contributed by atoms with Gasteiger partial charge in [0.05, 0.1) is 11.4 Å². The Morgan fingerprint density at radius 1 is 1.04 bits per heavy atom. The minimum atomic E-state index is -0.669. The fraction of sp³-hybridized carbons (Fsp3) is 0. The molecule has 0 aliphatic carbocycles. The van der Waals surface area contributed by atoms with E-state index in [1.54, 1.807) is 6.07 Å². The second-order valence-corrected chi connectivity index (χ2v) is 5.30. The van der Waals surface area contributed by atoms with Crippen LogP contribution >= 0.6 is 0 Å². The van der Waals surface area contributed by atoms with Crippen molar-refractivity contribution in [2.75, 3.05) is 5.32 Å². The van der Waals surface area contributed by atoms with Gasteiger partial charge in [-0.1, -0.05) is 30.3 Å². The van der Waals surface area contributed by atoms with Gasteiger partial charge in [-0.3, -0.25) is 0 Å². The summed E-state index contributed by atoms with van der Waals surface area (Å²) in [6.07, 6.45) is 0. The zero-order valence-electron chi connectivity index (χ0n) is 12.7. The number of anilines is 2. The largest absolute Gasteiger partial charge is 0.350 e. The lowest BCUT2D eigenvalue weighted by atomic mass is 10.1. The lowest BCUT2D eigenvalue weighted by Crippen LogP contribution is -2.15. The molecular formula is C17H11F2N5O. The van der Waals surface area contributed by atoms with Crippen molar-refractivity contribution in [3.8, 4) is 11.3 Å². The highest BCUT2D eigenvalue weighted by molar-refractivity contribution is 5.67. The van der Waals surface area contributed by atoms with Crippen LogP contribution in [0.15, 0.2) is 59.4 Å². The van der Waals surface area contributed by atoms with Crippen molar-refractivity contribution < 1.29 is 8.78 Å². The van der Waals surface area contributed by atoms with Gasteiger partial charge in [0.15, 0.2) is 5.65 Å². The second kappa shape index (κ2) is 5.82. The number of benzene rings is 2. The molecule has 4 aromatic rings. The van der Waals surface area contributed by atoms with Gasteiger partial charge in [-0.2, -0.15) is 5.10 Å². The number of aromatic amines is 1. The monoisotopic (exact) mass is 339 g/mol. The van der Waals surface area contributed by atoms with E-state index >= 15 is 0 Å². The second-order valence-electron chi connectivity index (χ2n) is 5.30. The molecule has 2 aromatic heterocycles. The zero-order valence-corrected chi connectivity index (χ0v) is 12.7. The van der Waals surface area contributed by atoms with Gasteiger partial charge in [-0.05, 0) is 12.1 Å². The van der Waals surface area contributed by atoms with E-state index in [-0.39, 0.29) is 11.6 Å². The van der Waals surface area contributed by atoms with Gasteiger partial charge in [-0.25, -0.2) is 28.1 Å². The quantitative estimate of drug-likeness (QED) is 0.601. The van der Waals surface area contributed by atoms with Crippen LogP contribution in [-0.4, -0.2) is 19.6 Å². The number of fused-ring (bicyclic) bond motifs is 1. The number of halogens is 2. The van der Waals surface area contributed by atoms with E-state index in [1.807, 2.05) is 30.3 Å². The van der Waals surface area contributed by atoms with E-state index in [0.29, 0.717) is 11.3 Å². The molecule has 0 spiro atoms. The summed E-state index contributed by atoms with van der Waals surface area (Å²) in [4.78, 5) is 16.4. The third-order valence-corrected chi connectivity index (χ3v) is 3.65. The standard InChI is InChI=1S/C17H11F2N5O/c18-11-6-7-12(19)14(8-11)21-16-20-13(10-4-2-1-3-5-10)9-15-22-23-17(25)24(15)16/h1-9H,(H,20,21)(H,23,25). The summed E-state index contributed by atoms with van der Waals surface area (Å²) in [7, 11) is 0. The van der Waals surface area contributed by atoms with E-state index in [2.05, 4.69) is 20.5 Å². The molecule has 0 fully saturated rings. The Kier molecular flexibility index (Phi) is 3.50. The molecule has 0 saturated carbocycles. The fourth-order valence-corrected chi connectivity index (χ4v) is 2.48. The van der Waals surface area contributed by atoms with Gasteiger partial charge in [0, 0.05) is 17.7 Å². The number of H-pyrrole nitrogens is 1. The summed E-state index contributed by atoms with van der Waals surface area (Å²) < 4.78 is 28.5. The molecule has 8 heteroatoms. The Balaban J connectivity index is 1.91. The molecule has 4 rings (SSSR count). The first-order valence-corrected chi connectivity index (χ1v) is 7.37. The molecule has 0 unspecified atom stereocenters. The molecule has 0 bridgehead atoms. The minimum Gasteiger partial charge on any atom is -0.323 e. The average Bonchev–Trinajstić information content (AvgIpc) is 3.00. The van der Waals surface area contributed by atoms with Crippen molar-refractivity contribution >= 4 is 17.3 Å². The van der Waals surface area contributed by atoms with Gasteiger partial charge >= 0.3 is 5.69 Å². The number of nitrogens with zero attached hydrogens (tertiary/aromatic N) is 3. The van der Waals surface area contributed by atoms with Crippen LogP contribution in [0.4, 0.5) is 20.4 Å². The maximum Gasteiger partial charge on any atom is 0.350 e. The van der Waals surface area contributed by atoms with Crippen molar-refractivity contribution in [1.29, 1.82) is 0 Å². The van der Waals surface area contributed by atoms with E-state index < -0.39 is 17.3 Å². The van der Waals surface area contributed by atoms with E-state index in [4.69, 9.17) is 0 Å². The third-order valence-electron chi connectivity index (χ3n) is 3.65. The van der Waals surface area contributed by atoms with Crippen molar-refractivity contribution in [2.24, 2.45) is 0 Å². The van der Waals surface area contributed by atoms with Crippen LogP contribution in [0.2, 0.25) is 0 Å². The lowest BCUT2D eigenvalue weighted by molar-refractivity contribution is 0.603. The predicted molar refractivity (Wildman–Crippen MR) is 88.7 cm³/mol. The number of hydrogen-bond acceptors (Lipinski definition) is 4. The van der Waals surface area contributed by atoms with Crippen LogP contribution in [0.25, 0.3) is 16.9 Å². The van der Waals surface area contributed by atoms with Crippen molar-refractivity contribution in [1.82, 2.24) is 19.6 Å². The first-order valence-electron chi connectivity index (χ1n) is 7.37. The van der Waals surface area contributed by atoms with Crippen LogP contribution in [0.1, 0.15) is 0 Å². The molecule has 0 saturated heterocycles. The maximum absolute atomic E-state index is 13.9. The van der Waals surface area contributed by atoms with Crippen molar-refractivity contribution in [3.05, 3.63) is 76.7 Å². The summed E-state index contributed by atoms with van der Waals surface area (Å²) in [6.45, 7) is 0. The summed E-state index contributed by atoms with van der Waals surface area (Å²) in [6, 6.07) is 13.9. The van der Waals surface area contributed by atoms with Crippen LogP contribution in [0.5, 0.6) is 0 Å². The van der Waals surface area contributed by atoms with Gasteiger partial charge in [0.25, 0.3) is 0 Å². The molecule has 0 atom stereocenters. The average molecular weight is 339 g/mol. The van der Waals surface area contributed by atoms with Crippen LogP contribution < -0.4 is 11.0 Å². The Bertz CT molecular complexity index is 1120. The van der Waals surface area contributed by atoms with E-state index in [9.17, 15) is 13.6 Å². The molecule has 0 aliphatic rings. The summed E-state index contributed by atoms with van der Waals surface area (Å²) in [5.74, 6) is -1.25. The first-order chi connectivity index (χ1) is 12.1. The normalized spacial score (nSPS) is 11.0. The molecule has 2 N–H and O–H groups in total. The Hall–Kier alpha value is -3.55. The van der Waals surface area contributed by atoms with Gasteiger partial charge in [0.2, 0.25) is 5.95 Å². The van der Waals surface area contributed by atoms with Gasteiger partial charge in [0.1, 0.15) is 11.6 Å². The van der Waals surface area contributed by atoms with E-state index in [0.717, 1.165) is 28.2 Å². The van der Waals surface area contributed by atoms with Crippen molar-refractivity contribution in [2.45, 2.75) is 0 Å². The fourth-order valence-electron chi connectivity index (χ4n) is 2.48. The molecule has 2 aromatic carbocycles. The van der Waals surface area contributed by atoms with E-state index in [1.165, 1.54) is 0 Å². The smallest absolute Gasteiger partial charge is 0.323 e. The molecule has 0 aliphatic heterocycles. The molecule has 124 valence electrons. The topological polar surface area (TPSA) is 75.1 Å². The van der Waals surface area contributed by atoms with Crippen molar-refractivity contribution in [3.63, 3.8) is 0 Å². The summed E-state index contributed by atoms with van der Waals surface area (Å²) >= 11 is 0. The Labute approximate surface area is 139 Å². The summed E-state index contributed by atoms with van der Waals surface area (Å²) in [5.41, 5.74) is 0.960. The zero-order chi connectivity index (χ0) is 17.4. The highest BCUT2D eigenvalue weighted by atomic mass is 19.1. The first kappa shape index (κ1) is 15.0. The number of rotatable bonds is 3. The van der Waals surface area contributed by atoms with Gasteiger partial charge in [-0.15, -0.1) is 0 Å². The molecule has 0 amide bonds. The Morgan fingerprint density at radius 2 is 1.84 bits per heavy atom. The maximum atomic E-state index is 13.9. The lowest BCUT2D eigenvalue weighted by Gasteiger charge is -2.10. The highest BCUT2D eigenvalue weighted by Gasteiger charge is 2.13. The molecule has 0 radical (unpaired) electrons. The van der Waals surface area contributed by atoms with Crippen LogP contribution in [0.3, 0.4) is 0 Å². The minimum absolute atomic E-state index is 0.0274. The number of hydrogen-bond donors (Lipinski definition) is 2. The predicted octanol–water partition coefficient (Wildman–Crippen LogP) is 3.11. The molecule has 25 heavy (non-hydrogen) atoms. The summed E-state index contributed by atoms with van der Waals surface area (Å²) in [5, 5.41) is 8.91. The Morgan fingerprint density at radius 3 is 2.64 bits per heavy atom. The molecule has 2 heterocycles. The third kappa shape index (κ3) is 2.74.